The molecule has 0 aromatic carbocycles. The van der Waals surface area contributed by atoms with Gasteiger partial charge in [0, 0.05) is 6.04 Å². The van der Waals surface area contributed by atoms with Crippen molar-refractivity contribution in [2.24, 2.45) is 17.8 Å². The highest BCUT2D eigenvalue weighted by Gasteiger charge is 2.31. The van der Waals surface area contributed by atoms with Crippen LogP contribution in [-0.4, -0.2) is 6.04 Å². The van der Waals surface area contributed by atoms with Crippen LogP contribution >= 0.6 is 15.9 Å². The molecule has 1 fully saturated rings. The van der Waals surface area contributed by atoms with Gasteiger partial charge in [-0.1, -0.05) is 27.2 Å². The summed E-state index contributed by atoms with van der Waals surface area (Å²) >= 11 is 3.38. The van der Waals surface area contributed by atoms with E-state index in [4.69, 9.17) is 4.42 Å². The molecule has 1 aromatic heterocycles. The van der Waals surface area contributed by atoms with Crippen LogP contribution in [0.2, 0.25) is 0 Å². The molecule has 0 saturated heterocycles. The minimum absolute atomic E-state index is 0.280. The van der Waals surface area contributed by atoms with Crippen molar-refractivity contribution in [3.8, 4) is 0 Å². The molecule has 2 rings (SSSR count). The summed E-state index contributed by atoms with van der Waals surface area (Å²) in [6, 6.07) is 4.92. The molecule has 4 unspecified atom stereocenters. The van der Waals surface area contributed by atoms with Crippen LogP contribution in [0.5, 0.6) is 0 Å². The Morgan fingerprint density at radius 1 is 1.26 bits per heavy atom. The molecule has 3 heteroatoms. The second kappa shape index (κ2) is 6.45. The first kappa shape index (κ1) is 15.1. The van der Waals surface area contributed by atoms with E-state index >= 15 is 0 Å². The van der Waals surface area contributed by atoms with Crippen molar-refractivity contribution < 1.29 is 4.42 Å². The molecule has 4 atom stereocenters. The molecule has 0 bridgehead atoms. The zero-order chi connectivity index (χ0) is 14.0. The Labute approximate surface area is 125 Å². The zero-order valence-corrected chi connectivity index (χ0v) is 14.0. The van der Waals surface area contributed by atoms with Gasteiger partial charge in [-0.3, -0.25) is 0 Å². The van der Waals surface area contributed by atoms with E-state index in [1.807, 2.05) is 6.07 Å². The second-order valence-electron chi connectivity index (χ2n) is 6.46. The first-order chi connectivity index (χ1) is 8.97. The molecule has 0 radical (unpaired) electrons. The minimum atomic E-state index is 0.280. The van der Waals surface area contributed by atoms with Crippen LogP contribution in [0.1, 0.15) is 58.8 Å². The third-order valence-electron chi connectivity index (χ3n) is 4.51. The normalized spacial score (nSPS) is 29.7. The summed E-state index contributed by atoms with van der Waals surface area (Å²) in [5, 5.41) is 3.80. The fourth-order valence-corrected chi connectivity index (χ4v) is 3.68. The van der Waals surface area contributed by atoms with Crippen LogP contribution in [0.25, 0.3) is 0 Å². The second-order valence-corrected chi connectivity index (χ2v) is 7.24. The first-order valence-electron chi connectivity index (χ1n) is 7.48. The van der Waals surface area contributed by atoms with Crippen molar-refractivity contribution in [2.45, 2.75) is 59.0 Å². The van der Waals surface area contributed by atoms with Gasteiger partial charge in [-0.05, 0) is 65.6 Å². The number of nitrogens with one attached hydrogen (secondary N) is 1. The van der Waals surface area contributed by atoms with Crippen LogP contribution in [0.3, 0.4) is 0 Å². The van der Waals surface area contributed by atoms with Crippen LogP contribution in [-0.2, 0) is 0 Å². The van der Waals surface area contributed by atoms with Gasteiger partial charge in [0.15, 0.2) is 4.67 Å². The smallest absolute Gasteiger partial charge is 0.169 e. The van der Waals surface area contributed by atoms with Crippen LogP contribution in [0.4, 0.5) is 0 Å². The summed E-state index contributed by atoms with van der Waals surface area (Å²) in [7, 11) is 0. The summed E-state index contributed by atoms with van der Waals surface area (Å²) in [6.07, 6.45) is 4.02. The summed E-state index contributed by atoms with van der Waals surface area (Å²) in [5.41, 5.74) is 0. The minimum Gasteiger partial charge on any atom is -0.453 e. The molecule has 0 spiro atoms. The summed E-state index contributed by atoms with van der Waals surface area (Å²) in [4.78, 5) is 0. The molecule has 2 nitrogen and oxygen atoms in total. The lowest BCUT2D eigenvalue weighted by atomic mass is 9.74. The third-order valence-corrected chi connectivity index (χ3v) is 4.93. The van der Waals surface area contributed by atoms with Gasteiger partial charge in [0.05, 0.1) is 6.04 Å². The SMILES string of the molecule is CC1CCC(C(C)C)C(NC(C)c2ccc(Br)o2)C1. The predicted octanol–water partition coefficient (Wildman–Crippen LogP) is 5.15. The van der Waals surface area contributed by atoms with Gasteiger partial charge in [-0.25, -0.2) is 0 Å². The maximum atomic E-state index is 5.66. The quantitative estimate of drug-likeness (QED) is 0.826. The molecule has 19 heavy (non-hydrogen) atoms. The van der Waals surface area contributed by atoms with Gasteiger partial charge in [0.25, 0.3) is 0 Å². The number of hydrogen-bond donors (Lipinski definition) is 1. The van der Waals surface area contributed by atoms with Gasteiger partial charge in [0.2, 0.25) is 0 Å². The Hall–Kier alpha value is -0.280. The van der Waals surface area contributed by atoms with E-state index in [0.717, 1.165) is 28.2 Å². The molecule has 1 aromatic rings. The first-order valence-corrected chi connectivity index (χ1v) is 8.28. The number of hydrogen-bond acceptors (Lipinski definition) is 2. The molecule has 0 amide bonds. The van der Waals surface area contributed by atoms with E-state index in [9.17, 15) is 0 Å². The molecule has 1 aliphatic rings. The highest BCUT2D eigenvalue weighted by molar-refractivity contribution is 9.10. The summed E-state index contributed by atoms with van der Waals surface area (Å²) in [6.45, 7) is 9.27. The maximum Gasteiger partial charge on any atom is 0.169 e. The third kappa shape index (κ3) is 3.85. The number of rotatable bonds is 4. The number of furan rings is 1. The van der Waals surface area contributed by atoms with E-state index in [2.05, 4.69) is 55.0 Å². The van der Waals surface area contributed by atoms with E-state index in [0.29, 0.717) is 6.04 Å². The van der Waals surface area contributed by atoms with E-state index in [-0.39, 0.29) is 6.04 Å². The molecule has 108 valence electrons. The fraction of sp³-hybridized carbons (Fsp3) is 0.750. The van der Waals surface area contributed by atoms with Crippen molar-refractivity contribution in [1.29, 1.82) is 0 Å². The van der Waals surface area contributed by atoms with Crippen molar-refractivity contribution in [2.75, 3.05) is 0 Å². The van der Waals surface area contributed by atoms with Crippen molar-refractivity contribution in [1.82, 2.24) is 5.32 Å². The molecule has 0 aliphatic heterocycles. The fourth-order valence-electron chi connectivity index (χ4n) is 3.36. The zero-order valence-electron chi connectivity index (χ0n) is 12.4. The van der Waals surface area contributed by atoms with Crippen molar-refractivity contribution in [3.05, 3.63) is 22.6 Å². The lowest BCUT2D eigenvalue weighted by Gasteiger charge is -2.39. The Kier molecular flexibility index (Phi) is 5.13. The Balaban J connectivity index is 2.02. The average Bonchev–Trinajstić information content (AvgIpc) is 2.75. The van der Waals surface area contributed by atoms with Crippen LogP contribution < -0.4 is 5.32 Å². The topological polar surface area (TPSA) is 25.2 Å². The largest absolute Gasteiger partial charge is 0.453 e. The molecule has 1 aliphatic carbocycles. The lowest BCUT2D eigenvalue weighted by molar-refractivity contribution is 0.157. The van der Waals surface area contributed by atoms with Gasteiger partial charge in [0.1, 0.15) is 5.76 Å². The Morgan fingerprint density at radius 3 is 2.58 bits per heavy atom. The average molecular weight is 328 g/mol. The molecule has 1 saturated carbocycles. The molecule has 1 N–H and O–H groups in total. The highest BCUT2D eigenvalue weighted by atomic mass is 79.9. The molecular weight excluding hydrogens is 302 g/mol. The Morgan fingerprint density at radius 2 is 2.00 bits per heavy atom. The van der Waals surface area contributed by atoms with Crippen LogP contribution in [0, 0.1) is 17.8 Å². The van der Waals surface area contributed by atoms with Gasteiger partial charge < -0.3 is 9.73 Å². The van der Waals surface area contributed by atoms with Crippen LogP contribution in [0.15, 0.2) is 21.2 Å². The van der Waals surface area contributed by atoms with Gasteiger partial charge >= 0.3 is 0 Å². The summed E-state index contributed by atoms with van der Waals surface area (Å²) < 4.78 is 6.48. The number of halogens is 1. The summed E-state index contributed by atoms with van der Waals surface area (Å²) in [5.74, 6) is 3.40. The monoisotopic (exact) mass is 327 g/mol. The predicted molar refractivity (Wildman–Crippen MR) is 83.1 cm³/mol. The van der Waals surface area contributed by atoms with Crippen molar-refractivity contribution in [3.63, 3.8) is 0 Å². The molecule has 1 heterocycles. The van der Waals surface area contributed by atoms with Gasteiger partial charge in [-0.2, -0.15) is 0 Å². The van der Waals surface area contributed by atoms with E-state index in [1.165, 1.54) is 19.3 Å². The molecular formula is C16H26BrNO. The van der Waals surface area contributed by atoms with Crippen molar-refractivity contribution >= 4 is 15.9 Å². The maximum absolute atomic E-state index is 5.66. The van der Waals surface area contributed by atoms with Gasteiger partial charge in [-0.15, -0.1) is 0 Å². The Bertz CT molecular complexity index is 401. The van der Waals surface area contributed by atoms with E-state index < -0.39 is 0 Å². The highest BCUT2D eigenvalue weighted by Crippen LogP contribution is 2.35. The van der Waals surface area contributed by atoms with E-state index in [1.54, 1.807) is 0 Å². The standard InChI is InChI=1S/C16H26BrNO/c1-10(2)13-6-5-11(3)9-14(13)18-12(4)15-7-8-16(17)19-15/h7-8,10-14,18H,5-6,9H2,1-4H3. The lowest BCUT2D eigenvalue weighted by Crippen LogP contribution is -2.43.